The molecule has 5 rings (SSSR count). The number of nitrogens with one attached hydrogen (secondary N) is 1. The van der Waals surface area contributed by atoms with Crippen molar-refractivity contribution in [3.05, 3.63) is 78.8 Å². The first kappa shape index (κ1) is 18.3. The second-order valence-corrected chi connectivity index (χ2v) is 7.09. The molecule has 1 fully saturated rings. The molecular weight excluding hydrogens is 378 g/mol. The van der Waals surface area contributed by atoms with Crippen LogP contribution >= 0.6 is 0 Å². The molecule has 1 aliphatic heterocycles. The summed E-state index contributed by atoms with van der Waals surface area (Å²) in [5.74, 6) is 0.890. The van der Waals surface area contributed by atoms with Gasteiger partial charge in [0.05, 0.1) is 19.4 Å². The van der Waals surface area contributed by atoms with Crippen LogP contribution in [0.1, 0.15) is 10.4 Å². The number of hydrogen-bond acceptors (Lipinski definition) is 5. The quantitative estimate of drug-likeness (QED) is 0.568. The van der Waals surface area contributed by atoms with Crippen LogP contribution in [0.25, 0.3) is 16.9 Å². The van der Waals surface area contributed by atoms with E-state index in [9.17, 15) is 4.79 Å². The highest BCUT2D eigenvalue weighted by atomic mass is 16.5. The van der Waals surface area contributed by atoms with Gasteiger partial charge in [0.15, 0.2) is 5.65 Å². The molecule has 0 unspecified atom stereocenters. The van der Waals surface area contributed by atoms with E-state index in [1.807, 2.05) is 70.1 Å². The molecular formula is C23H21N5O2. The van der Waals surface area contributed by atoms with Crippen LogP contribution in [0.2, 0.25) is 0 Å². The van der Waals surface area contributed by atoms with Gasteiger partial charge < -0.3 is 15.0 Å². The van der Waals surface area contributed by atoms with Crippen LogP contribution in [0.5, 0.6) is 0 Å². The van der Waals surface area contributed by atoms with Gasteiger partial charge in [0, 0.05) is 42.3 Å². The SMILES string of the molecule is O=C(c1ccc(Nc2c(-c3ccccc3)nc3cnccn23)cc1)N1CCOCC1. The Kier molecular flexibility index (Phi) is 4.86. The van der Waals surface area contributed by atoms with E-state index in [1.165, 1.54) is 0 Å². The maximum atomic E-state index is 12.7. The Morgan fingerprint density at radius 2 is 1.77 bits per heavy atom. The number of anilines is 2. The molecule has 0 saturated carbocycles. The van der Waals surface area contributed by atoms with Crippen molar-refractivity contribution in [3.8, 4) is 11.3 Å². The molecule has 3 heterocycles. The Balaban J connectivity index is 1.45. The van der Waals surface area contributed by atoms with Crippen molar-refractivity contribution < 1.29 is 9.53 Å². The molecule has 1 saturated heterocycles. The summed E-state index contributed by atoms with van der Waals surface area (Å²) in [5, 5.41) is 3.47. The standard InChI is InChI=1S/C23H21N5O2/c29-23(27-12-14-30-15-13-27)18-6-8-19(9-7-18)25-22-21(17-4-2-1-3-5-17)26-20-16-24-10-11-28(20)22/h1-11,16,25H,12-15H2. The maximum Gasteiger partial charge on any atom is 0.254 e. The Bertz CT molecular complexity index is 1170. The monoisotopic (exact) mass is 399 g/mol. The van der Waals surface area contributed by atoms with Crippen LogP contribution in [0.4, 0.5) is 11.5 Å². The van der Waals surface area contributed by atoms with Crippen molar-refractivity contribution in [1.82, 2.24) is 19.3 Å². The summed E-state index contributed by atoms with van der Waals surface area (Å²) in [6.07, 6.45) is 5.36. The first-order chi connectivity index (χ1) is 14.8. The number of rotatable bonds is 4. The lowest BCUT2D eigenvalue weighted by Crippen LogP contribution is -2.40. The molecule has 2 aromatic carbocycles. The molecule has 0 atom stereocenters. The summed E-state index contributed by atoms with van der Waals surface area (Å²) < 4.78 is 7.30. The molecule has 2 aromatic heterocycles. The van der Waals surface area contributed by atoms with E-state index in [4.69, 9.17) is 9.72 Å². The molecule has 0 radical (unpaired) electrons. The van der Waals surface area contributed by atoms with E-state index in [1.54, 1.807) is 12.4 Å². The smallest absolute Gasteiger partial charge is 0.254 e. The Morgan fingerprint density at radius 1 is 1.00 bits per heavy atom. The van der Waals surface area contributed by atoms with Crippen molar-refractivity contribution in [2.24, 2.45) is 0 Å². The maximum absolute atomic E-state index is 12.7. The van der Waals surface area contributed by atoms with Crippen LogP contribution in [-0.2, 0) is 4.74 Å². The number of amides is 1. The Hall–Kier alpha value is -3.71. The van der Waals surface area contributed by atoms with Crippen molar-refractivity contribution >= 4 is 23.1 Å². The van der Waals surface area contributed by atoms with Crippen molar-refractivity contribution in [1.29, 1.82) is 0 Å². The third kappa shape index (κ3) is 3.51. The minimum Gasteiger partial charge on any atom is -0.378 e. The molecule has 4 aromatic rings. The van der Waals surface area contributed by atoms with Gasteiger partial charge in [-0.05, 0) is 24.3 Å². The van der Waals surface area contributed by atoms with Gasteiger partial charge in [-0.3, -0.25) is 14.2 Å². The average molecular weight is 399 g/mol. The third-order valence-corrected chi connectivity index (χ3v) is 5.17. The summed E-state index contributed by atoms with van der Waals surface area (Å²) in [5.41, 5.74) is 4.18. The number of carbonyl (C=O) groups excluding carboxylic acids is 1. The number of aromatic nitrogens is 3. The number of carbonyl (C=O) groups is 1. The fourth-order valence-electron chi connectivity index (χ4n) is 3.61. The van der Waals surface area contributed by atoms with Gasteiger partial charge in [-0.15, -0.1) is 0 Å². The second-order valence-electron chi connectivity index (χ2n) is 7.09. The number of benzene rings is 2. The minimum absolute atomic E-state index is 0.0377. The zero-order valence-electron chi connectivity index (χ0n) is 16.4. The lowest BCUT2D eigenvalue weighted by atomic mass is 10.1. The van der Waals surface area contributed by atoms with Crippen LogP contribution < -0.4 is 5.32 Å². The van der Waals surface area contributed by atoms with Gasteiger partial charge in [0.25, 0.3) is 5.91 Å². The molecule has 0 aliphatic carbocycles. The van der Waals surface area contributed by atoms with Gasteiger partial charge in [-0.25, -0.2) is 4.98 Å². The van der Waals surface area contributed by atoms with E-state index in [-0.39, 0.29) is 5.91 Å². The van der Waals surface area contributed by atoms with Crippen LogP contribution in [0, 0.1) is 0 Å². The van der Waals surface area contributed by atoms with Crippen molar-refractivity contribution in [3.63, 3.8) is 0 Å². The predicted molar refractivity (Wildman–Crippen MR) is 115 cm³/mol. The fourth-order valence-corrected chi connectivity index (χ4v) is 3.61. The lowest BCUT2D eigenvalue weighted by Gasteiger charge is -2.26. The van der Waals surface area contributed by atoms with Crippen molar-refractivity contribution in [2.45, 2.75) is 0 Å². The fraction of sp³-hybridized carbons (Fsp3) is 0.174. The molecule has 1 amide bonds. The summed E-state index contributed by atoms with van der Waals surface area (Å²) in [7, 11) is 0. The first-order valence-corrected chi connectivity index (χ1v) is 9.91. The largest absolute Gasteiger partial charge is 0.378 e. The van der Waals surface area contributed by atoms with Crippen LogP contribution in [0.15, 0.2) is 73.2 Å². The van der Waals surface area contributed by atoms with Crippen LogP contribution in [0.3, 0.4) is 0 Å². The third-order valence-electron chi connectivity index (χ3n) is 5.17. The van der Waals surface area contributed by atoms with E-state index in [0.717, 1.165) is 28.4 Å². The highest BCUT2D eigenvalue weighted by molar-refractivity contribution is 5.94. The van der Waals surface area contributed by atoms with Gasteiger partial charge >= 0.3 is 0 Å². The van der Waals surface area contributed by atoms with Crippen molar-refractivity contribution in [2.75, 3.05) is 31.6 Å². The molecule has 0 spiro atoms. The highest BCUT2D eigenvalue weighted by Gasteiger charge is 2.19. The molecule has 30 heavy (non-hydrogen) atoms. The number of ether oxygens (including phenoxy) is 1. The number of hydrogen-bond donors (Lipinski definition) is 1. The average Bonchev–Trinajstić information content (AvgIpc) is 3.19. The number of fused-ring (bicyclic) bond motifs is 1. The molecule has 7 nitrogen and oxygen atoms in total. The molecule has 7 heteroatoms. The molecule has 150 valence electrons. The predicted octanol–water partition coefficient (Wildman–Crippen LogP) is 3.61. The number of nitrogens with zero attached hydrogens (tertiary/aromatic N) is 4. The second kappa shape index (κ2) is 7.96. The van der Waals surface area contributed by atoms with Crippen LogP contribution in [-0.4, -0.2) is 51.5 Å². The summed E-state index contributed by atoms with van der Waals surface area (Å²) in [6.45, 7) is 2.46. The topological polar surface area (TPSA) is 71.8 Å². The van der Waals surface area contributed by atoms with Gasteiger partial charge in [0.1, 0.15) is 11.5 Å². The number of imidazole rings is 1. The van der Waals surface area contributed by atoms with Gasteiger partial charge in [0.2, 0.25) is 0 Å². The molecule has 0 bridgehead atoms. The van der Waals surface area contributed by atoms with Gasteiger partial charge in [-0.2, -0.15) is 0 Å². The summed E-state index contributed by atoms with van der Waals surface area (Å²) in [6, 6.07) is 17.6. The van der Waals surface area contributed by atoms with E-state index < -0.39 is 0 Å². The Morgan fingerprint density at radius 3 is 2.53 bits per heavy atom. The van der Waals surface area contributed by atoms with Gasteiger partial charge in [-0.1, -0.05) is 30.3 Å². The molecule has 1 N–H and O–H groups in total. The minimum atomic E-state index is 0.0377. The zero-order chi connectivity index (χ0) is 20.3. The summed E-state index contributed by atoms with van der Waals surface area (Å²) >= 11 is 0. The van der Waals surface area contributed by atoms with E-state index in [2.05, 4.69) is 10.3 Å². The number of morpholine rings is 1. The lowest BCUT2D eigenvalue weighted by molar-refractivity contribution is 0.0303. The van der Waals surface area contributed by atoms with E-state index >= 15 is 0 Å². The normalized spacial score (nSPS) is 14.1. The highest BCUT2D eigenvalue weighted by Crippen LogP contribution is 2.30. The van der Waals surface area contributed by atoms with E-state index in [0.29, 0.717) is 31.9 Å². The Labute approximate surface area is 174 Å². The zero-order valence-corrected chi connectivity index (χ0v) is 16.4. The summed E-state index contributed by atoms with van der Waals surface area (Å²) in [4.78, 5) is 23.4. The molecule has 1 aliphatic rings. The first-order valence-electron chi connectivity index (χ1n) is 9.91.